The smallest absolute Gasteiger partial charge is 0.285 e. The highest BCUT2D eigenvalue weighted by Gasteiger charge is 2.18. The van der Waals surface area contributed by atoms with E-state index in [1.54, 1.807) is 18.3 Å². The Balaban J connectivity index is 1.46. The molecule has 2 aromatic rings. The summed E-state index contributed by atoms with van der Waals surface area (Å²) in [5.41, 5.74) is 3.49. The topological polar surface area (TPSA) is 53.4 Å². The molecule has 1 aliphatic heterocycles. The minimum atomic E-state index is -0.170. The summed E-state index contributed by atoms with van der Waals surface area (Å²) in [5.74, 6) is -0.169. The lowest BCUT2D eigenvalue weighted by Crippen LogP contribution is -2.48. The van der Waals surface area contributed by atoms with Crippen LogP contribution >= 0.6 is 0 Å². The second kappa shape index (κ2) is 7.23. The van der Waals surface area contributed by atoms with Crippen LogP contribution in [0.1, 0.15) is 0 Å². The van der Waals surface area contributed by atoms with Gasteiger partial charge in [-0.25, -0.2) is 4.39 Å². The van der Waals surface area contributed by atoms with Gasteiger partial charge in [-0.1, -0.05) is 12.1 Å². The van der Waals surface area contributed by atoms with Gasteiger partial charge in [0.2, 0.25) is 0 Å². The van der Waals surface area contributed by atoms with Crippen LogP contribution in [0.5, 0.6) is 0 Å². The van der Waals surface area contributed by atoms with Crippen LogP contribution < -0.4 is 15.9 Å². The van der Waals surface area contributed by atoms with Crippen LogP contribution in [0.25, 0.3) is 0 Å². The van der Waals surface area contributed by atoms with Gasteiger partial charge in [0.05, 0.1) is 5.69 Å². The van der Waals surface area contributed by atoms with E-state index in [-0.39, 0.29) is 11.4 Å². The summed E-state index contributed by atoms with van der Waals surface area (Å²) in [6, 6.07) is 9.96. The summed E-state index contributed by atoms with van der Waals surface area (Å²) >= 11 is 0. The summed E-state index contributed by atoms with van der Waals surface area (Å²) in [6.45, 7) is 4.78. The lowest BCUT2D eigenvalue weighted by Gasteiger charge is -2.36. The molecule has 0 bridgehead atoms. The Morgan fingerprint density at radius 3 is 2.61 bits per heavy atom. The van der Waals surface area contributed by atoms with Gasteiger partial charge in [-0.3, -0.25) is 9.69 Å². The van der Waals surface area contributed by atoms with E-state index < -0.39 is 0 Å². The van der Waals surface area contributed by atoms with Gasteiger partial charge in [0, 0.05) is 51.5 Å². The highest BCUT2D eigenvalue weighted by atomic mass is 19.1. The van der Waals surface area contributed by atoms with Crippen LogP contribution in [0, 0.1) is 5.82 Å². The molecule has 0 atom stereocenters. The van der Waals surface area contributed by atoms with Crippen molar-refractivity contribution in [1.82, 2.24) is 14.8 Å². The predicted molar refractivity (Wildman–Crippen MR) is 87.8 cm³/mol. The molecule has 6 nitrogen and oxygen atoms in total. The fraction of sp³-hybridized carbons (Fsp3) is 0.375. The molecule has 1 saturated heterocycles. The van der Waals surface area contributed by atoms with Crippen molar-refractivity contribution in [2.24, 2.45) is 0 Å². The number of hydrogen-bond acceptors (Lipinski definition) is 5. The first-order valence-electron chi connectivity index (χ1n) is 7.74. The number of aromatic nitrogens is 2. The highest BCUT2D eigenvalue weighted by Crippen LogP contribution is 2.19. The third kappa shape index (κ3) is 3.87. The lowest BCUT2D eigenvalue weighted by molar-refractivity contribution is 0.264. The van der Waals surface area contributed by atoms with E-state index in [1.165, 1.54) is 16.9 Å². The Labute approximate surface area is 134 Å². The molecule has 0 unspecified atom stereocenters. The second-order valence-corrected chi connectivity index (χ2v) is 5.46. The van der Waals surface area contributed by atoms with Crippen LogP contribution in [-0.2, 0) is 0 Å². The third-order valence-electron chi connectivity index (χ3n) is 3.97. The number of rotatable bonds is 5. The van der Waals surface area contributed by atoms with Crippen molar-refractivity contribution in [2.45, 2.75) is 0 Å². The number of piperazine rings is 1. The highest BCUT2D eigenvalue weighted by molar-refractivity contribution is 5.47. The molecule has 0 radical (unpaired) electrons. The Kier molecular flexibility index (Phi) is 4.87. The quantitative estimate of drug-likeness (QED) is 0.882. The van der Waals surface area contributed by atoms with Crippen molar-refractivity contribution < 1.29 is 4.39 Å². The van der Waals surface area contributed by atoms with Crippen molar-refractivity contribution in [3.05, 3.63) is 58.8 Å². The average molecular weight is 317 g/mol. The predicted octanol–water partition coefficient (Wildman–Crippen LogP) is 0.748. The third-order valence-corrected chi connectivity index (χ3v) is 3.97. The van der Waals surface area contributed by atoms with Gasteiger partial charge in [-0.05, 0) is 18.2 Å². The molecule has 122 valence electrons. The van der Waals surface area contributed by atoms with Crippen molar-refractivity contribution >= 4 is 5.69 Å². The lowest BCUT2D eigenvalue weighted by atomic mass is 10.2. The normalized spacial score (nSPS) is 15.6. The second-order valence-electron chi connectivity index (χ2n) is 5.46. The van der Waals surface area contributed by atoms with Crippen molar-refractivity contribution in [3.8, 4) is 0 Å². The number of benzene rings is 1. The largest absolute Gasteiger partial charge is 0.367 e. The summed E-state index contributed by atoms with van der Waals surface area (Å²) in [5, 5.41) is 3.95. The van der Waals surface area contributed by atoms with Crippen LogP contribution in [0.2, 0.25) is 0 Å². The first kappa shape index (κ1) is 15.5. The maximum atomic E-state index is 13.8. The standard InChI is InChI=1S/C16H20FN5O/c17-14-4-1-2-5-15(14)21-12-10-20(11-13-21)9-8-19-22-16(23)6-3-7-18-22/h1-7,19H,8-13H2. The molecule has 23 heavy (non-hydrogen) atoms. The number of para-hydroxylation sites is 1. The zero-order chi connectivity index (χ0) is 16.1. The first-order chi connectivity index (χ1) is 11.2. The molecule has 1 aromatic heterocycles. The van der Waals surface area contributed by atoms with E-state index in [9.17, 15) is 9.18 Å². The molecular weight excluding hydrogens is 297 g/mol. The maximum absolute atomic E-state index is 13.8. The van der Waals surface area contributed by atoms with E-state index in [0.29, 0.717) is 12.2 Å². The van der Waals surface area contributed by atoms with Crippen LogP contribution in [0.15, 0.2) is 47.4 Å². The van der Waals surface area contributed by atoms with E-state index in [4.69, 9.17) is 0 Å². The molecule has 2 heterocycles. The summed E-state index contributed by atoms with van der Waals surface area (Å²) in [7, 11) is 0. The Morgan fingerprint density at radius 2 is 1.87 bits per heavy atom. The fourth-order valence-corrected chi connectivity index (χ4v) is 2.71. The number of nitrogens with zero attached hydrogens (tertiary/aromatic N) is 4. The number of hydrogen-bond donors (Lipinski definition) is 1. The van der Waals surface area contributed by atoms with Gasteiger partial charge in [0.15, 0.2) is 0 Å². The zero-order valence-electron chi connectivity index (χ0n) is 12.9. The molecule has 3 rings (SSSR count). The molecule has 1 aromatic carbocycles. The zero-order valence-corrected chi connectivity index (χ0v) is 12.9. The van der Waals surface area contributed by atoms with E-state index in [0.717, 1.165) is 32.7 Å². The van der Waals surface area contributed by atoms with Crippen molar-refractivity contribution in [3.63, 3.8) is 0 Å². The number of anilines is 1. The van der Waals surface area contributed by atoms with E-state index >= 15 is 0 Å². The Hall–Kier alpha value is -2.41. The van der Waals surface area contributed by atoms with Gasteiger partial charge in [0.1, 0.15) is 5.82 Å². The molecule has 1 fully saturated rings. The summed E-state index contributed by atoms with van der Waals surface area (Å²) in [4.78, 5) is 17.1. The number of halogens is 1. The molecular formula is C16H20FN5O. The SMILES string of the molecule is O=c1cccnn1NCCN1CCN(c2ccccc2F)CC1. The molecule has 1 N–H and O–H groups in total. The Bertz CT molecular complexity index is 697. The van der Waals surface area contributed by atoms with Gasteiger partial charge in [-0.15, -0.1) is 4.79 Å². The van der Waals surface area contributed by atoms with Crippen LogP contribution in [0.3, 0.4) is 0 Å². The average Bonchev–Trinajstić information content (AvgIpc) is 2.58. The van der Waals surface area contributed by atoms with E-state index in [1.807, 2.05) is 12.1 Å². The minimum absolute atomic E-state index is 0.169. The number of nitrogens with one attached hydrogen (secondary N) is 1. The first-order valence-corrected chi connectivity index (χ1v) is 7.74. The minimum Gasteiger partial charge on any atom is -0.367 e. The monoisotopic (exact) mass is 317 g/mol. The maximum Gasteiger partial charge on any atom is 0.285 e. The van der Waals surface area contributed by atoms with Gasteiger partial charge in [0.25, 0.3) is 5.56 Å². The molecule has 0 aliphatic carbocycles. The van der Waals surface area contributed by atoms with Crippen molar-refractivity contribution in [1.29, 1.82) is 0 Å². The van der Waals surface area contributed by atoms with Gasteiger partial charge >= 0.3 is 0 Å². The summed E-state index contributed by atoms with van der Waals surface area (Å²) < 4.78 is 13.8. The molecule has 0 saturated carbocycles. The molecule has 0 spiro atoms. The summed E-state index contributed by atoms with van der Waals surface area (Å²) in [6.07, 6.45) is 1.57. The molecule has 0 amide bonds. The Morgan fingerprint density at radius 1 is 1.09 bits per heavy atom. The van der Waals surface area contributed by atoms with Gasteiger partial charge < -0.3 is 10.3 Å². The van der Waals surface area contributed by atoms with Crippen molar-refractivity contribution in [2.75, 3.05) is 49.6 Å². The fourth-order valence-electron chi connectivity index (χ4n) is 2.71. The molecule has 7 heteroatoms. The van der Waals surface area contributed by atoms with Crippen LogP contribution in [0.4, 0.5) is 10.1 Å². The molecule has 1 aliphatic rings. The van der Waals surface area contributed by atoms with Crippen LogP contribution in [-0.4, -0.2) is 54.1 Å². The van der Waals surface area contributed by atoms with Gasteiger partial charge in [-0.2, -0.15) is 5.10 Å². The van der Waals surface area contributed by atoms with E-state index in [2.05, 4.69) is 20.3 Å².